The van der Waals surface area contributed by atoms with E-state index in [2.05, 4.69) is 63.2 Å². The van der Waals surface area contributed by atoms with Gasteiger partial charge in [-0.15, -0.1) is 0 Å². The number of rotatable bonds is 9. The van der Waals surface area contributed by atoms with Crippen LogP contribution in [0.1, 0.15) is 18.4 Å². The molecule has 1 aliphatic heterocycles. The molecular formula is C29H32N6O3. The highest BCUT2D eigenvalue weighted by Gasteiger charge is 2.20. The number of carbonyl (C=O) groups is 1. The molecule has 1 saturated heterocycles. The highest BCUT2D eigenvalue weighted by Crippen LogP contribution is 2.31. The molecule has 0 atom stereocenters. The Labute approximate surface area is 222 Å². The molecule has 2 aromatic heterocycles. The van der Waals surface area contributed by atoms with Gasteiger partial charge in [0.2, 0.25) is 17.4 Å². The summed E-state index contributed by atoms with van der Waals surface area (Å²) in [6, 6.07) is 17.8. The van der Waals surface area contributed by atoms with Crippen molar-refractivity contribution in [2.75, 3.05) is 37.8 Å². The smallest absolute Gasteiger partial charge is 0.268 e. The van der Waals surface area contributed by atoms with Gasteiger partial charge in [-0.1, -0.05) is 24.8 Å². The number of piperidine rings is 1. The van der Waals surface area contributed by atoms with Crippen molar-refractivity contribution < 1.29 is 13.9 Å². The van der Waals surface area contributed by atoms with Gasteiger partial charge >= 0.3 is 0 Å². The minimum atomic E-state index is -0.302. The SMILES string of the molecule is C=CC(=O)Nc1cccc(Oc2nc(Nc3ccc(CN4CCC(N(C)C)CC4)cc3)nc3ccoc23)c1. The van der Waals surface area contributed by atoms with Gasteiger partial charge < -0.3 is 24.7 Å². The van der Waals surface area contributed by atoms with Crippen molar-refractivity contribution in [3.8, 4) is 11.6 Å². The molecule has 1 amide bonds. The number of nitrogens with zero attached hydrogens (tertiary/aromatic N) is 4. The number of benzene rings is 2. The normalized spacial score (nSPS) is 14.5. The van der Waals surface area contributed by atoms with E-state index in [1.807, 2.05) is 12.1 Å². The van der Waals surface area contributed by atoms with E-state index in [-0.39, 0.29) is 11.8 Å². The number of amides is 1. The largest absolute Gasteiger partial charge is 0.457 e. The molecule has 2 aromatic carbocycles. The lowest BCUT2D eigenvalue weighted by Gasteiger charge is -2.35. The average Bonchev–Trinajstić information content (AvgIpc) is 3.39. The summed E-state index contributed by atoms with van der Waals surface area (Å²) in [7, 11) is 4.33. The van der Waals surface area contributed by atoms with E-state index in [9.17, 15) is 4.79 Å². The average molecular weight is 513 g/mol. The van der Waals surface area contributed by atoms with E-state index in [1.165, 1.54) is 24.5 Å². The molecule has 0 aliphatic carbocycles. The molecule has 0 radical (unpaired) electrons. The summed E-state index contributed by atoms with van der Waals surface area (Å²) in [5.41, 5.74) is 3.79. The van der Waals surface area contributed by atoms with Crippen LogP contribution in [0.5, 0.6) is 11.6 Å². The van der Waals surface area contributed by atoms with Crippen molar-refractivity contribution in [1.29, 1.82) is 0 Å². The molecule has 0 saturated carbocycles. The first-order chi connectivity index (χ1) is 18.5. The minimum Gasteiger partial charge on any atom is -0.457 e. The number of fused-ring (bicyclic) bond motifs is 1. The maximum atomic E-state index is 11.6. The van der Waals surface area contributed by atoms with Crippen LogP contribution in [0.2, 0.25) is 0 Å². The summed E-state index contributed by atoms with van der Waals surface area (Å²) in [5.74, 6) is 0.855. The zero-order valence-corrected chi connectivity index (χ0v) is 21.7. The molecule has 0 spiro atoms. The fourth-order valence-electron chi connectivity index (χ4n) is 4.58. The second kappa shape index (κ2) is 11.5. The van der Waals surface area contributed by atoms with Crippen molar-refractivity contribution in [2.24, 2.45) is 0 Å². The summed E-state index contributed by atoms with van der Waals surface area (Å²) >= 11 is 0. The number of nitrogens with one attached hydrogen (secondary N) is 2. The van der Waals surface area contributed by atoms with Crippen molar-refractivity contribution in [3.63, 3.8) is 0 Å². The van der Waals surface area contributed by atoms with Crippen LogP contribution in [0.15, 0.2) is 77.9 Å². The summed E-state index contributed by atoms with van der Waals surface area (Å²) in [5, 5.41) is 6.00. The molecule has 196 valence electrons. The molecular weight excluding hydrogens is 480 g/mol. The van der Waals surface area contributed by atoms with Crippen LogP contribution in [-0.2, 0) is 11.3 Å². The molecule has 0 bridgehead atoms. The maximum absolute atomic E-state index is 11.6. The lowest BCUT2D eigenvalue weighted by Crippen LogP contribution is -2.41. The van der Waals surface area contributed by atoms with Crippen LogP contribution in [0.3, 0.4) is 0 Å². The summed E-state index contributed by atoms with van der Waals surface area (Å²) in [6.45, 7) is 6.66. The van der Waals surface area contributed by atoms with E-state index in [4.69, 9.17) is 9.15 Å². The first kappa shape index (κ1) is 25.4. The van der Waals surface area contributed by atoms with Crippen LogP contribution < -0.4 is 15.4 Å². The molecule has 9 nitrogen and oxygen atoms in total. The quantitative estimate of drug-likeness (QED) is 0.288. The Hall–Kier alpha value is -4.21. The first-order valence-corrected chi connectivity index (χ1v) is 12.7. The van der Waals surface area contributed by atoms with Gasteiger partial charge in [0.25, 0.3) is 5.88 Å². The molecule has 5 rings (SSSR count). The lowest BCUT2D eigenvalue weighted by molar-refractivity contribution is -0.111. The van der Waals surface area contributed by atoms with E-state index in [1.54, 1.807) is 36.6 Å². The number of furan rings is 1. The molecule has 3 heterocycles. The summed E-state index contributed by atoms with van der Waals surface area (Å²) in [6.07, 6.45) is 5.17. The Morgan fingerprint density at radius 3 is 2.66 bits per heavy atom. The number of likely N-dealkylation sites (tertiary alicyclic amines) is 1. The number of anilines is 3. The fourth-order valence-corrected chi connectivity index (χ4v) is 4.58. The third-order valence-electron chi connectivity index (χ3n) is 6.68. The summed E-state index contributed by atoms with van der Waals surface area (Å²) in [4.78, 5) is 25.6. The van der Waals surface area contributed by atoms with E-state index in [0.717, 1.165) is 25.3 Å². The Balaban J connectivity index is 1.27. The van der Waals surface area contributed by atoms with Crippen molar-refractivity contribution >= 4 is 34.3 Å². The monoisotopic (exact) mass is 512 g/mol. The molecule has 1 aliphatic rings. The molecule has 9 heteroatoms. The maximum Gasteiger partial charge on any atom is 0.268 e. The van der Waals surface area contributed by atoms with Crippen LogP contribution in [0.25, 0.3) is 11.1 Å². The Morgan fingerprint density at radius 2 is 1.92 bits per heavy atom. The van der Waals surface area contributed by atoms with Gasteiger partial charge in [-0.3, -0.25) is 9.69 Å². The minimum absolute atomic E-state index is 0.271. The zero-order valence-electron chi connectivity index (χ0n) is 21.7. The standard InChI is InChI=1S/C29H32N6O3/c1-4-26(36)30-22-6-5-7-24(18-22)38-28-27-25(14-17-37-27)32-29(33-28)31-21-10-8-20(9-11-21)19-35-15-12-23(13-16-35)34(2)3/h4-11,14,17-18,23H,1,12-13,15-16,19H2,2-3H3,(H,30,36)(H,31,32,33). The molecule has 1 fully saturated rings. The number of hydrogen-bond donors (Lipinski definition) is 2. The Kier molecular flexibility index (Phi) is 7.67. The van der Waals surface area contributed by atoms with Crippen LogP contribution in [-0.4, -0.2) is 58.9 Å². The highest BCUT2D eigenvalue weighted by atomic mass is 16.5. The van der Waals surface area contributed by atoms with Gasteiger partial charge in [0, 0.05) is 36.1 Å². The predicted molar refractivity (Wildman–Crippen MR) is 149 cm³/mol. The van der Waals surface area contributed by atoms with Gasteiger partial charge in [0.15, 0.2) is 0 Å². The van der Waals surface area contributed by atoms with Gasteiger partial charge in [0.05, 0.1) is 6.26 Å². The van der Waals surface area contributed by atoms with Crippen molar-refractivity contribution in [2.45, 2.75) is 25.4 Å². The van der Waals surface area contributed by atoms with Gasteiger partial charge in [-0.05, 0) is 75.9 Å². The van der Waals surface area contributed by atoms with Crippen LogP contribution in [0, 0.1) is 0 Å². The molecule has 4 aromatic rings. The van der Waals surface area contributed by atoms with Gasteiger partial charge in [-0.25, -0.2) is 4.98 Å². The Bertz CT molecular complexity index is 1410. The first-order valence-electron chi connectivity index (χ1n) is 12.7. The lowest BCUT2D eigenvalue weighted by atomic mass is 10.0. The number of hydrogen-bond acceptors (Lipinski definition) is 8. The van der Waals surface area contributed by atoms with E-state index < -0.39 is 0 Å². The highest BCUT2D eigenvalue weighted by molar-refractivity contribution is 5.99. The Morgan fingerprint density at radius 1 is 1.13 bits per heavy atom. The summed E-state index contributed by atoms with van der Waals surface area (Å²) < 4.78 is 11.6. The number of aromatic nitrogens is 2. The third-order valence-corrected chi connectivity index (χ3v) is 6.68. The number of ether oxygens (including phenoxy) is 1. The predicted octanol–water partition coefficient (Wildman–Crippen LogP) is 5.41. The molecule has 2 N–H and O–H groups in total. The molecule has 38 heavy (non-hydrogen) atoms. The second-order valence-corrected chi connectivity index (χ2v) is 9.60. The molecule has 0 unspecified atom stereocenters. The number of carbonyl (C=O) groups excluding carboxylic acids is 1. The topological polar surface area (TPSA) is 95.8 Å². The van der Waals surface area contributed by atoms with Crippen LogP contribution in [0.4, 0.5) is 17.3 Å². The third kappa shape index (κ3) is 6.19. The zero-order chi connectivity index (χ0) is 26.5. The second-order valence-electron chi connectivity index (χ2n) is 9.60. The van der Waals surface area contributed by atoms with E-state index in [0.29, 0.717) is 34.5 Å². The van der Waals surface area contributed by atoms with Gasteiger partial charge in [0.1, 0.15) is 11.3 Å². The van der Waals surface area contributed by atoms with Crippen molar-refractivity contribution in [1.82, 2.24) is 19.8 Å². The van der Waals surface area contributed by atoms with Crippen LogP contribution >= 0.6 is 0 Å². The fraction of sp³-hybridized carbons (Fsp3) is 0.276. The van der Waals surface area contributed by atoms with E-state index >= 15 is 0 Å². The van der Waals surface area contributed by atoms with Gasteiger partial charge in [-0.2, -0.15) is 4.98 Å². The van der Waals surface area contributed by atoms with Crippen molar-refractivity contribution in [3.05, 3.63) is 79.1 Å².